The minimum absolute atomic E-state index is 0.0965. The van der Waals surface area contributed by atoms with Crippen LogP contribution < -0.4 is 10.9 Å². The second-order valence-electron chi connectivity index (χ2n) is 8.29. The lowest BCUT2D eigenvalue weighted by atomic mass is 9.95. The molecule has 0 bridgehead atoms. The monoisotopic (exact) mass is 420 g/mol. The normalized spacial score (nSPS) is 12.3. The fourth-order valence-electron chi connectivity index (χ4n) is 2.92. The summed E-state index contributed by atoms with van der Waals surface area (Å²) < 4.78 is 5.34. The molecule has 0 saturated heterocycles. The summed E-state index contributed by atoms with van der Waals surface area (Å²) in [4.78, 5) is 51.9. The number of esters is 1. The number of amides is 1. The number of para-hydroxylation sites is 1. The van der Waals surface area contributed by atoms with Gasteiger partial charge >= 0.3 is 5.97 Å². The van der Waals surface area contributed by atoms with Crippen molar-refractivity contribution in [3.63, 3.8) is 0 Å². The molecule has 31 heavy (non-hydrogen) atoms. The molecule has 1 aromatic heterocycles. The minimum atomic E-state index is -1.06. The summed E-state index contributed by atoms with van der Waals surface area (Å²) in [5.41, 5.74) is 0.534. The highest BCUT2D eigenvalue weighted by molar-refractivity contribution is 6.06. The molecule has 160 valence electrons. The van der Waals surface area contributed by atoms with Crippen molar-refractivity contribution in [2.45, 2.75) is 33.8 Å². The van der Waals surface area contributed by atoms with E-state index >= 15 is 0 Å². The Hall–Kier alpha value is -3.74. The van der Waals surface area contributed by atoms with E-state index in [1.807, 2.05) is 0 Å². The summed E-state index contributed by atoms with van der Waals surface area (Å²) in [7, 11) is 0. The lowest BCUT2D eigenvalue weighted by molar-refractivity contribution is -0.123. The Morgan fingerprint density at radius 3 is 2.29 bits per heavy atom. The summed E-state index contributed by atoms with van der Waals surface area (Å²) in [6.07, 6.45) is -1.06. The molecule has 2 N–H and O–H groups in total. The van der Waals surface area contributed by atoms with E-state index in [0.29, 0.717) is 22.2 Å². The van der Waals surface area contributed by atoms with Crippen molar-refractivity contribution in [2.75, 3.05) is 5.32 Å². The third-order valence-corrected chi connectivity index (χ3v) is 4.73. The first-order chi connectivity index (χ1) is 14.6. The van der Waals surface area contributed by atoms with E-state index in [9.17, 15) is 19.2 Å². The average Bonchev–Trinajstić information content (AvgIpc) is 2.72. The number of fused-ring (bicyclic) bond motifs is 1. The SMILES string of the molecule is C[C@@H](OC(=O)c1cc(=O)[nH]c2ccccc12)C(=O)c1ccc(NC(=O)C(C)(C)C)cc1. The van der Waals surface area contributed by atoms with Crippen LogP contribution in [-0.2, 0) is 9.53 Å². The number of Topliss-reactive ketones (excluding diaryl/α,β-unsaturated/α-hetero) is 1. The molecule has 0 aliphatic rings. The number of aromatic nitrogens is 1. The Kier molecular flexibility index (Phi) is 6.06. The minimum Gasteiger partial charge on any atom is -0.451 e. The first-order valence-corrected chi connectivity index (χ1v) is 9.85. The molecule has 0 aliphatic heterocycles. The molecule has 0 radical (unpaired) electrons. The molecular formula is C24H24N2O5. The van der Waals surface area contributed by atoms with Gasteiger partial charge in [-0.25, -0.2) is 4.79 Å². The Labute approximate surface area is 179 Å². The Morgan fingerprint density at radius 2 is 1.65 bits per heavy atom. The molecule has 0 saturated carbocycles. The summed E-state index contributed by atoms with van der Waals surface area (Å²) in [6.45, 7) is 6.89. The number of hydrogen-bond acceptors (Lipinski definition) is 5. The zero-order valence-electron chi connectivity index (χ0n) is 17.8. The van der Waals surface area contributed by atoms with Gasteiger partial charge in [0.1, 0.15) is 0 Å². The zero-order valence-corrected chi connectivity index (χ0v) is 17.8. The molecule has 2 aromatic carbocycles. The van der Waals surface area contributed by atoms with E-state index in [4.69, 9.17) is 4.74 Å². The number of nitrogens with one attached hydrogen (secondary N) is 2. The maximum Gasteiger partial charge on any atom is 0.339 e. The predicted octanol–water partition coefficient (Wildman–Crippen LogP) is 3.94. The van der Waals surface area contributed by atoms with Crippen molar-refractivity contribution < 1.29 is 19.1 Å². The molecule has 3 aromatic rings. The molecule has 0 fully saturated rings. The molecule has 1 heterocycles. The van der Waals surface area contributed by atoms with E-state index < -0.39 is 28.8 Å². The van der Waals surface area contributed by atoms with Crippen LogP contribution in [0.4, 0.5) is 5.69 Å². The van der Waals surface area contributed by atoms with Crippen LogP contribution in [0.25, 0.3) is 10.9 Å². The number of rotatable bonds is 5. The quantitative estimate of drug-likeness (QED) is 0.480. The number of carbonyl (C=O) groups excluding carboxylic acids is 3. The van der Waals surface area contributed by atoms with E-state index in [1.54, 1.807) is 69.3 Å². The van der Waals surface area contributed by atoms with Crippen LogP contribution in [0.2, 0.25) is 0 Å². The third kappa shape index (κ3) is 5.06. The van der Waals surface area contributed by atoms with Gasteiger partial charge in [-0.2, -0.15) is 0 Å². The highest BCUT2D eigenvalue weighted by Crippen LogP contribution is 2.20. The first-order valence-electron chi connectivity index (χ1n) is 9.85. The molecule has 7 nitrogen and oxygen atoms in total. The Morgan fingerprint density at radius 1 is 1.00 bits per heavy atom. The van der Waals surface area contributed by atoms with Crippen LogP contribution >= 0.6 is 0 Å². The number of ketones is 1. The first kappa shape index (κ1) is 22.0. The van der Waals surface area contributed by atoms with Crippen molar-refractivity contribution in [3.8, 4) is 0 Å². The maximum atomic E-state index is 12.7. The molecule has 1 atom stereocenters. The van der Waals surface area contributed by atoms with Crippen LogP contribution in [0.3, 0.4) is 0 Å². The molecule has 0 spiro atoms. The van der Waals surface area contributed by atoms with E-state index in [0.717, 1.165) is 6.07 Å². The molecule has 0 unspecified atom stereocenters. The lowest BCUT2D eigenvalue weighted by Crippen LogP contribution is -2.27. The highest BCUT2D eigenvalue weighted by Gasteiger charge is 2.23. The van der Waals surface area contributed by atoms with E-state index in [2.05, 4.69) is 10.3 Å². The Balaban J connectivity index is 1.73. The maximum absolute atomic E-state index is 12.7. The van der Waals surface area contributed by atoms with E-state index in [-0.39, 0.29) is 11.5 Å². The van der Waals surface area contributed by atoms with Gasteiger partial charge in [-0.15, -0.1) is 0 Å². The largest absolute Gasteiger partial charge is 0.451 e. The molecule has 3 rings (SSSR count). The number of anilines is 1. The zero-order chi connectivity index (χ0) is 22.8. The van der Waals surface area contributed by atoms with Gasteiger partial charge in [0.2, 0.25) is 17.2 Å². The Bertz CT molecular complexity index is 1200. The van der Waals surface area contributed by atoms with Gasteiger partial charge in [-0.1, -0.05) is 39.0 Å². The number of H-pyrrole nitrogens is 1. The topological polar surface area (TPSA) is 105 Å². The number of carbonyl (C=O) groups is 3. The number of hydrogen-bond donors (Lipinski definition) is 2. The van der Waals surface area contributed by atoms with Crippen molar-refractivity contribution in [1.29, 1.82) is 0 Å². The van der Waals surface area contributed by atoms with Crippen molar-refractivity contribution >= 4 is 34.3 Å². The summed E-state index contributed by atoms with van der Waals surface area (Å²) in [6, 6.07) is 14.4. The highest BCUT2D eigenvalue weighted by atomic mass is 16.5. The molecule has 0 aliphatic carbocycles. The molecule has 1 amide bonds. The smallest absolute Gasteiger partial charge is 0.339 e. The molecule has 7 heteroatoms. The van der Waals surface area contributed by atoms with Gasteiger partial charge in [-0.05, 0) is 37.3 Å². The van der Waals surface area contributed by atoms with Gasteiger partial charge in [0.15, 0.2) is 6.10 Å². The fraction of sp³-hybridized carbons (Fsp3) is 0.250. The van der Waals surface area contributed by atoms with Gasteiger partial charge in [0.05, 0.1) is 5.56 Å². The van der Waals surface area contributed by atoms with Gasteiger partial charge in [0.25, 0.3) is 0 Å². The van der Waals surface area contributed by atoms with Crippen LogP contribution in [0.1, 0.15) is 48.4 Å². The van der Waals surface area contributed by atoms with Gasteiger partial charge < -0.3 is 15.0 Å². The van der Waals surface area contributed by atoms with E-state index in [1.165, 1.54) is 6.92 Å². The number of benzene rings is 2. The standard InChI is InChI=1S/C24H24N2O5/c1-14(21(28)15-9-11-16(12-10-15)25-23(30)24(2,3)4)31-22(29)18-13-20(27)26-19-8-6-5-7-17(18)19/h5-14H,1-4H3,(H,25,30)(H,26,27)/t14-/m1/s1. The summed E-state index contributed by atoms with van der Waals surface area (Å²) in [5, 5.41) is 3.32. The van der Waals surface area contributed by atoms with Crippen molar-refractivity contribution in [3.05, 3.63) is 76.1 Å². The molecular weight excluding hydrogens is 396 g/mol. The van der Waals surface area contributed by atoms with Crippen molar-refractivity contribution in [1.82, 2.24) is 4.98 Å². The third-order valence-electron chi connectivity index (χ3n) is 4.73. The predicted molar refractivity (Wildman–Crippen MR) is 118 cm³/mol. The number of pyridine rings is 1. The second-order valence-corrected chi connectivity index (χ2v) is 8.29. The lowest BCUT2D eigenvalue weighted by Gasteiger charge is -2.18. The average molecular weight is 420 g/mol. The van der Waals surface area contributed by atoms with Crippen LogP contribution in [0.5, 0.6) is 0 Å². The van der Waals surface area contributed by atoms with Crippen LogP contribution in [-0.4, -0.2) is 28.7 Å². The summed E-state index contributed by atoms with van der Waals surface area (Å²) >= 11 is 0. The van der Waals surface area contributed by atoms with Crippen LogP contribution in [0.15, 0.2) is 59.4 Å². The van der Waals surface area contributed by atoms with Gasteiger partial charge in [0, 0.05) is 33.6 Å². The number of ether oxygens (including phenoxy) is 1. The van der Waals surface area contributed by atoms with Gasteiger partial charge in [-0.3, -0.25) is 14.4 Å². The van der Waals surface area contributed by atoms with Crippen LogP contribution in [0, 0.1) is 5.41 Å². The fourth-order valence-corrected chi connectivity index (χ4v) is 2.92. The number of aromatic amines is 1. The second kappa shape index (κ2) is 8.55. The van der Waals surface area contributed by atoms with Crippen molar-refractivity contribution in [2.24, 2.45) is 5.41 Å². The summed E-state index contributed by atoms with van der Waals surface area (Å²) in [5.74, 6) is -1.28.